The van der Waals surface area contributed by atoms with Crippen LogP contribution < -0.4 is 0 Å². The predicted molar refractivity (Wildman–Crippen MR) is 82.9 cm³/mol. The van der Waals surface area contributed by atoms with E-state index in [4.69, 9.17) is 0 Å². The van der Waals surface area contributed by atoms with Gasteiger partial charge in [0, 0.05) is 16.8 Å². The third-order valence-electron chi connectivity index (χ3n) is 3.20. The van der Waals surface area contributed by atoms with E-state index in [9.17, 15) is 15.2 Å². The monoisotopic (exact) mass is 293 g/mol. The molecule has 0 saturated carbocycles. The minimum atomic E-state index is -0.636. The Morgan fingerprint density at radius 3 is 2.23 bits per heavy atom. The highest BCUT2D eigenvalue weighted by Gasteiger charge is 2.19. The molecule has 0 saturated heterocycles. The molecule has 0 fully saturated rings. The summed E-state index contributed by atoms with van der Waals surface area (Å²) in [4.78, 5) is 10.4. The van der Waals surface area contributed by atoms with Crippen LogP contribution in [-0.2, 0) is 0 Å². The Morgan fingerprint density at radius 2 is 1.55 bits per heavy atom. The fourth-order valence-electron chi connectivity index (χ4n) is 2.15. The average molecular weight is 293 g/mol. The molecule has 108 valence electrons. The van der Waals surface area contributed by atoms with Crippen molar-refractivity contribution in [2.45, 2.75) is 0 Å². The number of nitro benzene ring substituents is 1. The van der Waals surface area contributed by atoms with Gasteiger partial charge in [0.2, 0.25) is 5.75 Å². The van der Waals surface area contributed by atoms with Crippen LogP contribution >= 0.6 is 0 Å². The van der Waals surface area contributed by atoms with Gasteiger partial charge in [0.15, 0.2) is 0 Å². The number of hydrogen-bond acceptors (Lipinski definition) is 5. The van der Waals surface area contributed by atoms with Gasteiger partial charge in [-0.2, -0.15) is 5.11 Å². The number of phenolic OH excluding ortho intramolecular Hbond substituents is 1. The Bertz CT molecular complexity index is 876. The number of azo groups is 1. The van der Waals surface area contributed by atoms with E-state index in [0.717, 1.165) is 0 Å². The van der Waals surface area contributed by atoms with Crippen molar-refractivity contribution in [3.63, 3.8) is 0 Å². The first-order valence-electron chi connectivity index (χ1n) is 6.52. The number of benzene rings is 3. The van der Waals surface area contributed by atoms with E-state index in [2.05, 4.69) is 10.2 Å². The SMILES string of the molecule is O=[N+]([O-])c1cc(N=Nc2ccccc2)c2ccccc2c1O. The summed E-state index contributed by atoms with van der Waals surface area (Å²) < 4.78 is 0. The first-order valence-corrected chi connectivity index (χ1v) is 6.52. The van der Waals surface area contributed by atoms with Gasteiger partial charge in [-0.25, -0.2) is 0 Å². The number of nitrogens with zero attached hydrogens (tertiary/aromatic N) is 3. The maximum Gasteiger partial charge on any atom is 0.313 e. The van der Waals surface area contributed by atoms with Crippen molar-refractivity contribution < 1.29 is 10.0 Å². The van der Waals surface area contributed by atoms with E-state index in [0.29, 0.717) is 22.1 Å². The molecule has 0 unspecified atom stereocenters. The standard InChI is InChI=1S/C16H11N3O3/c20-16-13-9-5-4-8-12(13)14(10-15(16)19(21)22)18-17-11-6-2-1-3-7-11/h1-10,20H. The fourth-order valence-corrected chi connectivity index (χ4v) is 2.15. The van der Waals surface area contributed by atoms with Crippen molar-refractivity contribution in [1.82, 2.24) is 0 Å². The highest BCUT2D eigenvalue weighted by atomic mass is 16.6. The van der Waals surface area contributed by atoms with Crippen molar-refractivity contribution >= 4 is 27.8 Å². The molecule has 3 aromatic carbocycles. The number of phenols is 1. The third kappa shape index (κ3) is 2.49. The lowest BCUT2D eigenvalue weighted by Gasteiger charge is -2.04. The number of aromatic hydroxyl groups is 1. The van der Waals surface area contributed by atoms with Gasteiger partial charge >= 0.3 is 5.69 Å². The van der Waals surface area contributed by atoms with Crippen LogP contribution in [0.3, 0.4) is 0 Å². The van der Waals surface area contributed by atoms with Crippen LogP contribution in [0.15, 0.2) is 70.9 Å². The number of rotatable bonds is 3. The fraction of sp³-hybridized carbons (Fsp3) is 0. The third-order valence-corrected chi connectivity index (χ3v) is 3.20. The zero-order valence-electron chi connectivity index (χ0n) is 11.4. The van der Waals surface area contributed by atoms with Gasteiger partial charge in [0.05, 0.1) is 10.6 Å². The highest BCUT2D eigenvalue weighted by Crippen LogP contribution is 2.40. The molecule has 6 heteroatoms. The second-order valence-electron chi connectivity index (χ2n) is 4.60. The molecule has 0 aliphatic rings. The second kappa shape index (κ2) is 5.61. The van der Waals surface area contributed by atoms with Gasteiger partial charge in [-0.1, -0.05) is 42.5 Å². The molecule has 6 nitrogen and oxygen atoms in total. The van der Waals surface area contributed by atoms with E-state index in [1.54, 1.807) is 36.4 Å². The largest absolute Gasteiger partial charge is 0.502 e. The van der Waals surface area contributed by atoms with Crippen LogP contribution in [0.25, 0.3) is 10.8 Å². The van der Waals surface area contributed by atoms with Crippen molar-refractivity contribution in [3.8, 4) is 5.75 Å². The molecule has 22 heavy (non-hydrogen) atoms. The lowest BCUT2D eigenvalue weighted by molar-refractivity contribution is -0.385. The maximum absolute atomic E-state index is 11.1. The molecule has 1 N–H and O–H groups in total. The first-order chi connectivity index (χ1) is 10.7. The summed E-state index contributed by atoms with van der Waals surface area (Å²) >= 11 is 0. The topological polar surface area (TPSA) is 88.1 Å². The van der Waals surface area contributed by atoms with E-state index in [1.807, 2.05) is 18.2 Å². The molecule has 0 spiro atoms. The Balaban J connectivity index is 2.18. The molecule has 3 aromatic rings. The summed E-state index contributed by atoms with van der Waals surface area (Å²) in [5.41, 5.74) is 0.590. The molecule has 0 radical (unpaired) electrons. The van der Waals surface area contributed by atoms with E-state index < -0.39 is 4.92 Å². The van der Waals surface area contributed by atoms with Gasteiger partial charge in [-0.15, -0.1) is 5.11 Å². The Morgan fingerprint density at radius 1 is 0.909 bits per heavy atom. The minimum absolute atomic E-state index is 0.337. The smallest absolute Gasteiger partial charge is 0.313 e. The van der Waals surface area contributed by atoms with Crippen LogP contribution in [0.4, 0.5) is 17.1 Å². The second-order valence-corrected chi connectivity index (χ2v) is 4.60. The number of nitro groups is 1. The van der Waals surface area contributed by atoms with Gasteiger partial charge in [0.1, 0.15) is 5.69 Å². The van der Waals surface area contributed by atoms with Gasteiger partial charge < -0.3 is 5.11 Å². The molecule has 0 aliphatic heterocycles. The Hall–Kier alpha value is -3.28. The molecule has 0 aromatic heterocycles. The Kier molecular flexibility index (Phi) is 3.49. The average Bonchev–Trinajstić information content (AvgIpc) is 2.55. The molecular weight excluding hydrogens is 282 g/mol. The lowest BCUT2D eigenvalue weighted by atomic mass is 10.1. The van der Waals surface area contributed by atoms with E-state index in [1.165, 1.54) is 6.07 Å². The van der Waals surface area contributed by atoms with E-state index in [-0.39, 0.29) is 11.4 Å². The maximum atomic E-state index is 11.1. The summed E-state index contributed by atoms with van der Waals surface area (Å²) in [6, 6.07) is 17.1. The van der Waals surface area contributed by atoms with Crippen molar-refractivity contribution in [2.75, 3.05) is 0 Å². The zero-order chi connectivity index (χ0) is 15.5. The van der Waals surface area contributed by atoms with Crippen LogP contribution in [-0.4, -0.2) is 10.0 Å². The van der Waals surface area contributed by atoms with Gasteiger partial charge in [-0.3, -0.25) is 10.1 Å². The molecule has 0 aliphatic carbocycles. The Labute approximate surface area is 125 Å². The summed E-state index contributed by atoms with van der Waals surface area (Å²) in [6.07, 6.45) is 0. The van der Waals surface area contributed by atoms with Crippen molar-refractivity contribution in [3.05, 3.63) is 70.8 Å². The van der Waals surface area contributed by atoms with Crippen LogP contribution in [0.5, 0.6) is 5.75 Å². The van der Waals surface area contributed by atoms with Crippen molar-refractivity contribution in [2.24, 2.45) is 10.2 Å². The van der Waals surface area contributed by atoms with Crippen molar-refractivity contribution in [1.29, 1.82) is 0 Å². The molecule has 0 amide bonds. The molecule has 0 bridgehead atoms. The predicted octanol–water partition coefficient (Wildman–Crippen LogP) is 4.87. The first kappa shape index (κ1) is 13.7. The van der Waals surface area contributed by atoms with Gasteiger partial charge in [0.25, 0.3) is 0 Å². The zero-order valence-corrected chi connectivity index (χ0v) is 11.4. The summed E-state index contributed by atoms with van der Waals surface area (Å²) in [6.45, 7) is 0. The highest BCUT2D eigenvalue weighted by molar-refractivity contribution is 5.99. The van der Waals surface area contributed by atoms with E-state index >= 15 is 0 Å². The number of hydrogen-bond donors (Lipinski definition) is 1. The number of fused-ring (bicyclic) bond motifs is 1. The summed E-state index contributed by atoms with van der Waals surface area (Å²) in [5, 5.41) is 30.2. The molecule has 0 atom stereocenters. The molecule has 0 heterocycles. The normalized spacial score (nSPS) is 11.1. The quantitative estimate of drug-likeness (QED) is 0.424. The summed E-state index contributed by atoms with van der Waals surface area (Å²) in [7, 11) is 0. The molecular formula is C16H11N3O3. The summed E-state index contributed by atoms with van der Waals surface area (Å²) in [5.74, 6) is -0.362. The van der Waals surface area contributed by atoms with Crippen LogP contribution in [0.2, 0.25) is 0 Å². The lowest BCUT2D eigenvalue weighted by Crippen LogP contribution is -1.89. The minimum Gasteiger partial charge on any atom is -0.502 e. The van der Waals surface area contributed by atoms with Crippen LogP contribution in [0.1, 0.15) is 0 Å². The van der Waals surface area contributed by atoms with Gasteiger partial charge in [-0.05, 0) is 12.1 Å². The molecule has 3 rings (SSSR count). The van der Waals surface area contributed by atoms with Crippen LogP contribution in [0, 0.1) is 10.1 Å².